The first-order chi connectivity index (χ1) is 12.1. The lowest BCUT2D eigenvalue weighted by atomic mass is 10.1. The molecule has 0 aliphatic heterocycles. The van der Waals surface area contributed by atoms with Crippen LogP contribution < -0.4 is 5.32 Å². The maximum atomic E-state index is 13.3. The zero-order valence-electron chi connectivity index (χ0n) is 12.9. The Morgan fingerprint density at radius 2 is 2.12 bits per heavy atom. The van der Waals surface area contributed by atoms with Gasteiger partial charge in [-0.2, -0.15) is 0 Å². The van der Waals surface area contributed by atoms with Crippen LogP contribution in [0.3, 0.4) is 0 Å². The number of carbonyl (C=O) groups excluding carboxylic acids is 1. The van der Waals surface area contributed by atoms with Crippen LogP contribution in [0, 0.1) is 5.82 Å². The SMILES string of the molecule is O=C(NCc1ncc2ccccn12)c1cc2ccc(F)cc2nc1Cl. The number of rotatable bonds is 3. The van der Waals surface area contributed by atoms with Crippen LogP contribution in [0.25, 0.3) is 16.4 Å². The highest BCUT2D eigenvalue weighted by Crippen LogP contribution is 2.21. The van der Waals surface area contributed by atoms with E-state index in [9.17, 15) is 9.18 Å². The van der Waals surface area contributed by atoms with Crippen molar-refractivity contribution < 1.29 is 9.18 Å². The van der Waals surface area contributed by atoms with E-state index in [4.69, 9.17) is 11.6 Å². The molecule has 0 unspecified atom stereocenters. The quantitative estimate of drug-likeness (QED) is 0.572. The van der Waals surface area contributed by atoms with Gasteiger partial charge in [0.25, 0.3) is 5.91 Å². The topological polar surface area (TPSA) is 59.3 Å². The van der Waals surface area contributed by atoms with Gasteiger partial charge in [0.15, 0.2) is 0 Å². The molecule has 0 saturated carbocycles. The van der Waals surface area contributed by atoms with Crippen molar-refractivity contribution >= 4 is 33.9 Å². The smallest absolute Gasteiger partial charge is 0.254 e. The Balaban J connectivity index is 1.59. The van der Waals surface area contributed by atoms with E-state index >= 15 is 0 Å². The van der Waals surface area contributed by atoms with E-state index in [0.717, 1.165) is 5.52 Å². The molecule has 0 aliphatic carbocycles. The predicted octanol–water partition coefficient (Wildman–Crippen LogP) is 3.61. The van der Waals surface area contributed by atoms with E-state index in [1.807, 2.05) is 28.8 Å². The third kappa shape index (κ3) is 2.92. The lowest BCUT2D eigenvalue weighted by Gasteiger charge is -2.08. The van der Waals surface area contributed by atoms with Gasteiger partial charge in [0.05, 0.1) is 29.3 Å². The monoisotopic (exact) mass is 354 g/mol. The first-order valence-corrected chi connectivity index (χ1v) is 7.94. The van der Waals surface area contributed by atoms with Crippen LogP contribution in [0.4, 0.5) is 4.39 Å². The van der Waals surface area contributed by atoms with Crippen LogP contribution in [0.5, 0.6) is 0 Å². The van der Waals surface area contributed by atoms with Gasteiger partial charge in [-0.15, -0.1) is 0 Å². The molecule has 0 atom stereocenters. The molecule has 3 heterocycles. The number of aromatic nitrogens is 3. The van der Waals surface area contributed by atoms with Gasteiger partial charge >= 0.3 is 0 Å². The largest absolute Gasteiger partial charge is 0.345 e. The summed E-state index contributed by atoms with van der Waals surface area (Å²) in [5, 5.41) is 3.46. The highest BCUT2D eigenvalue weighted by atomic mass is 35.5. The van der Waals surface area contributed by atoms with Crippen molar-refractivity contribution in [3.63, 3.8) is 0 Å². The molecule has 5 nitrogen and oxygen atoms in total. The Bertz CT molecular complexity index is 1110. The minimum atomic E-state index is -0.403. The molecule has 124 valence electrons. The van der Waals surface area contributed by atoms with Gasteiger partial charge in [-0.3, -0.25) is 4.79 Å². The Kier molecular flexibility index (Phi) is 3.82. The van der Waals surface area contributed by atoms with Gasteiger partial charge < -0.3 is 9.72 Å². The van der Waals surface area contributed by atoms with Gasteiger partial charge in [-0.25, -0.2) is 14.4 Å². The Hall–Kier alpha value is -2.99. The number of halogens is 2. The minimum absolute atomic E-state index is 0.0311. The van der Waals surface area contributed by atoms with Crippen LogP contribution in [0.15, 0.2) is 54.9 Å². The highest BCUT2D eigenvalue weighted by Gasteiger charge is 2.14. The summed E-state index contributed by atoms with van der Waals surface area (Å²) in [7, 11) is 0. The molecule has 1 amide bonds. The van der Waals surface area contributed by atoms with Crippen molar-refractivity contribution in [3.05, 3.63) is 77.2 Å². The van der Waals surface area contributed by atoms with E-state index in [2.05, 4.69) is 15.3 Å². The number of fused-ring (bicyclic) bond motifs is 2. The molecule has 7 heteroatoms. The average Bonchev–Trinajstić information content (AvgIpc) is 3.02. The summed E-state index contributed by atoms with van der Waals surface area (Å²) < 4.78 is 15.2. The van der Waals surface area contributed by atoms with Crippen LogP contribution in [0.1, 0.15) is 16.2 Å². The lowest BCUT2D eigenvalue weighted by molar-refractivity contribution is 0.0950. The van der Waals surface area contributed by atoms with Crippen LogP contribution in [0.2, 0.25) is 5.15 Å². The zero-order chi connectivity index (χ0) is 17.4. The number of amides is 1. The second kappa shape index (κ2) is 6.14. The van der Waals surface area contributed by atoms with Crippen molar-refractivity contribution in [1.82, 2.24) is 19.7 Å². The normalized spacial score (nSPS) is 11.1. The predicted molar refractivity (Wildman–Crippen MR) is 93.1 cm³/mol. The summed E-state index contributed by atoms with van der Waals surface area (Å²) in [6.45, 7) is 0.245. The summed E-state index contributed by atoms with van der Waals surface area (Å²) in [6, 6.07) is 11.5. The maximum Gasteiger partial charge on any atom is 0.254 e. The Labute approximate surface area is 147 Å². The summed E-state index contributed by atoms with van der Waals surface area (Å²) in [5.74, 6) is -0.0632. The number of imidazole rings is 1. The zero-order valence-corrected chi connectivity index (χ0v) is 13.7. The molecule has 1 N–H and O–H groups in total. The fraction of sp³-hybridized carbons (Fsp3) is 0.0556. The van der Waals surface area contributed by atoms with Crippen LogP contribution in [-0.2, 0) is 6.54 Å². The Morgan fingerprint density at radius 3 is 3.00 bits per heavy atom. The van der Waals surface area contributed by atoms with Crippen LogP contribution >= 0.6 is 11.6 Å². The van der Waals surface area contributed by atoms with Gasteiger partial charge in [0.1, 0.15) is 16.8 Å². The highest BCUT2D eigenvalue weighted by molar-refractivity contribution is 6.33. The second-order valence-electron chi connectivity index (χ2n) is 5.52. The third-order valence-electron chi connectivity index (χ3n) is 3.90. The molecular formula is C18H12ClFN4O. The summed E-state index contributed by atoms with van der Waals surface area (Å²) >= 11 is 6.09. The summed E-state index contributed by atoms with van der Waals surface area (Å²) in [4.78, 5) is 20.9. The third-order valence-corrected chi connectivity index (χ3v) is 4.19. The molecule has 25 heavy (non-hydrogen) atoms. The Morgan fingerprint density at radius 1 is 1.24 bits per heavy atom. The van der Waals surface area contributed by atoms with Gasteiger partial charge in [0, 0.05) is 17.6 Å². The molecule has 0 radical (unpaired) electrons. The number of nitrogens with zero attached hydrogens (tertiary/aromatic N) is 3. The number of carbonyl (C=O) groups is 1. The number of benzene rings is 1. The summed E-state index contributed by atoms with van der Waals surface area (Å²) in [6.07, 6.45) is 3.61. The molecular weight excluding hydrogens is 343 g/mol. The van der Waals surface area contributed by atoms with E-state index in [0.29, 0.717) is 16.7 Å². The number of hydrogen-bond donors (Lipinski definition) is 1. The fourth-order valence-electron chi connectivity index (χ4n) is 2.66. The number of pyridine rings is 2. The minimum Gasteiger partial charge on any atom is -0.345 e. The van der Waals surface area contributed by atoms with E-state index < -0.39 is 5.82 Å². The van der Waals surface area contributed by atoms with E-state index in [-0.39, 0.29) is 23.2 Å². The summed E-state index contributed by atoms with van der Waals surface area (Å²) in [5.41, 5.74) is 1.58. The molecule has 0 aliphatic rings. The molecule has 0 spiro atoms. The molecule has 1 aromatic carbocycles. The fourth-order valence-corrected chi connectivity index (χ4v) is 2.89. The van der Waals surface area contributed by atoms with E-state index in [1.165, 1.54) is 12.1 Å². The first kappa shape index (κ1) is 15.5. The van der Waals surface area contributed by atoms with Gasteiger partial charge in [0.2, 0.25) is 0 Å². The van der Waals surface area contributed by atoms with Crippen molar-refractivity contribution in [2.45, 2.75) is 6.54 Å². The maximum absolute atomic E-state index is 13.3. The standard InChI is InChI=1S/C18H12ClFN4O/c19-17-14(7-11-4-5-12(20)8-15(11)23-17)18(25)22-10-16-21-9-13-3-1-2-6-24(13)16/h1-9H,10H2,(H,22,25). The molecule has 0 saturated heterocycles. The van der Waals surface area contributed by atoms with Gasteiger partial charge in [-0.1, -0.05) is 17.7 Å². The lowest BCUT2D eigenvalue weighted by Crippen LogP contribution is -2.24. The van der Waals surface area contributed by atoms with Crippen molar-refractivity contribution in [2.75, 3.05) is 0 Å². The van der Waals surface area contributed by atoms with Crippen molar-refractivity contribution in [1.29, 1.82) is 0 Å². The van der Waals surface area contributed by atoms with E-state index in [1.54, 1.807) is 18.3 Å². The molecule has 3 aromatic heterocycles. The van der Waals surface area contributed by atoms with Crippen molar-refractivity contribution in [3.8, 4) is 0 Å². The number of hydrogen-bond acceptors (Lipinski definition) is 3. The first-order valence-electron chi connectivity index (χ1n) is 7.57. The van der Waals surface area contributed by atoms with Crippen LogP contribution in [-0.4, -0.2) is 20.3 Å². The number of nitrogens with one attached hydrogen (secondary N) is 1. The molecule has 0 fully saturated rings. The molecule has 0 bridgehead atoms. The second-order valence-corrected chi connectivity index (χ2v) is 5.87. The average molecular weight is 355 g/mol. The molecule has 4 rings (SSSR count). The van der Waals surface area contributed by atoms with Crippen molar-refractivity contribution in [2.24, 2.45) is 0 Å². The van der Waals surface area contributed by atoms with Gasteiger partial charge in [-0.05, 0) is 30.3 Å². The molecule has 4 aromatic rings.